The van der Waals surface area contributed by atoms with Gasteiger partial charge >= 0.3 is 0 Å². The molecular weight excluding hydrogens is 146 g/mol. The first kappa shape index (κ1) is 9.95. The Bertz CT molecular complexity index is 198. The van der Waals surface area contributed by atoms with E-state index in [1.165, 1.54) is 0 Å². The highest BCUT2D eigenvalue weighted by molar-refractivity contribution is 7.92. The zero-order valence-corrected chi connectivity index (χ0v) is 8.29. The Kier molecular flexibility index (Phi) is 2.89. The van der Waals surface area contributed by atoms with Crippen LogP contribution in [0.15, 0.2) is 4.36 Å². The third-order valence-corrected chi connectivity index (χ3v) is 1.60. The summed E-state index contributed by atoms with van der Waals surface area (Å²) in [6.07, 6.45) is 3.33. The van der Waals surface area contributed by atoms with Crippen LogP contribution in [0.5, 0.6) is 0 Å². The second kappa shape index (κ2) is 2.91. The summed E-state index contributed by atoms with van der Waals surface area (Å²) in [7, 11) is -1.88. The highest BCUT2D eigenvalue weighted by Gasteiger charge is 2.08. The van der Waals surface area contributed by atoms with Crippen LogP contribution in [0.4, 0.5) is 0 Å². The molecule has 0 saturated carbocycles. The van der Waals surface area contributed by atoms with E-state index < -0.39 is 9.73 Å². The largest absolute Gasteiger partial charge is 0.250 e. The summed E-state index contributed by atoms with van der Waals surface area (Å²) in [5.41, 5.74) is 0.161. The van der Waals surface area contributed by atoms with Gasteiger partial charge in [0.1, 0.15) is 0 Å². The van der Waals surface area contributed by atoms with Crippen LogP contribution in [0.3, 0.4) is 0 Å². The lowest BCUT2D eigenvalue weighted by Crippen LogP contribution is -2.11. The number of hydrogen-bond donors (Lipinski definition) is 0. The Balaban J connectivity index is 4.13. The fraction of sp³-hybridized carbons (Fsp3) is 1.00. The van der Waals surface area contributed by atoms with Gasteiger partial charge in [-0.25, -0.2) is 4.36 Å². The minimum absolute atomic E-state index is 0.161. The van der Waals surface area contributed by atoms with Crippen molar-refractivity contribution in [2.24, 2.45) is 9.78 Å². The van der Waals surface area contributed by atoms with Crippen molar-refractivity contribution in [1.82, 2.24) is 0 Å². The number of rotatable bonds is 1. The van der Waals surface area contributed by atoms with Crippen molar-refractivity contribution in [1.29, 1.82) is 0 Å². The van der Waals surface area contributed by atoms with Crippen molar-refractivity contribution in [3.63, 3.8) is 0 Å². The van der Waals surface area contributed by atoms with Gasteiger partial charge in [-0.2, -0.15) is 0 Å². The zero-order valence-electron chi connectivity index (χ0n) is 7.47. The maximum Gasteiger partial charge on any atom is 0.0532 e. The quantitative estimate of drug-likeness (QED) is 0.579. The van der Waals surface area contributed by atoms with Gasteiger partial charge in [0, 0.05) is 22.2 Å². The van der Waals surface area contributed by atoms with Crippen molar-refractivity contribution in [2.45, 2.75) is 20.8 Å². The average molecular weight is 163 g/mol. The van der Waals surface area contributed by atoms with Gasteiger partial charge in [-0.1, -0.05) is 20.8 Å². The smallest absolute Gasteiger partial charge is 0.0532 e. The molecule has 0 aromatic heterocycles. The zero-order chi connectivity index (χ0) is 8.41. The van der Waals surface area contributed by atoms with Crippen molar-refractivity contribution in [3.8, 4) is 0 Å². The molecule has 0 spiro atoms. The molecule has 0 unspecified atom stereocenters. The van der Waals surface area contributed by atoms with E-state index in [1.54, 1.807) is 12.5 Å². The van der Waals surface area contributed by atoms with E-state index in [0.29, 0.717) is 6.54 Å². The van der Waals surface area contributed by atoms with Gasteiger partial charge < -0.3 is 0 Å². The lowest BCUT2D eigenvalue weighted by molar-refractivity contribution is 0.430. The highest BCUT2D eigenvalue weighted by atomic mass is 32.2. The Morgan fingerprint density at radius 2 is 1.70 bits per heavy atom. The molecule has 0 saturated heterocycles. The van der Waals surface area contributed by atoms with E-state index in [2.05, 4.69) is 25.1 Å². The fourth-order valence-electron chi connectivity index (χ4n) is 0.349. The van der Waals surface area contributed by atoms with Crippen LogP contribution in [0.25, 0.3) is 0 Å². The molecule has 0 bridgehead atoms. The Morgan fingerprint density at radius 1 is 1.30 bits per heavy atom. The summed E-state index contributed by atoms with van der Waals surface area (Å²) >= 11 is 0. The van der Waals surface area contributed by atoms with Crippen molar-refractivity contribution in [3.05, 3.63) is 0 Å². The van der Waals surface area contributed by atoms with Crippen molar-refractivity contribution in [2.75, 3.05) is 19.1 Å². The summed E-state index contributed by atoms with van der Waals surface area (Å²) in [6, 6.07) is 0. The second-order valence-electron chi connectivity index (χ2n) is 4.03. The first-order valence-corrected chi connectivity index (χ1v) is 5.67. The lowest BCUT2D eigenvalue weighted by Gasteiger charge is -2.14. The van der Waals surface area contributed by atoms with Gasteiger partial charge in [-0.3, -0.25) is 4.21 Å². The van der Waals surface area contributed by atoms with Gasteiger partial charge in [0.15, 0.2) is 0 Å². The third kappa shape index (κ3) is 7.95. The molecule has 2 nitrogen and oxygen atoms in total. The molecule has 0 rings (SSSR count). The standard InChI is InChI=1S/C7H17NOS/c1-7(2,3)6-8-10(4,5)9/h6H2,1-5H3. The van der Waals surface area contributed by atoms with Crippen LogP contribution in [0, 0.1) is 5.41 Å². The van der Waals surface area contributed by atoms with E-state index in [-0.39, 0.29) is 5.41 Å². The van der Waals surface area contributed by atoms with Crippen LogP contribution in [0.1, 0.15) is 20.8 Å². The van der Waals surface area contributed by atoms with E-state index >= 15 is 0 Å². The molecule has 0 heterocycles. The Hall–Kier alpha value is -0.0500. The molecule has 0 amide bonds. The molecule has 62 valence electrons. The molecule has 0 radical (unpaired) electrons. The lowest BCUT2D eigenvalue weighted by atomic mass is 9.98. The molecule has 0 aliphatic rings. The van der Waals surface area contributed by atoms with Crippen molar-refractivity contribution < 1.29 is 4.21 Å². The maximum absolute atomic E-state index is 11.1. The van der Waals surface area contributed by atoms with Gasteiger partial charge in [0.2, 0.25) is 0 Å². The molecule has 0 aliphatic carbocycles. The predicted molar refractivity (Wildman–Crippen MR) is 46.7 cm³/mol. The van der Waals surface area contributed by atoms with E-state index in [1.807, 2.05) is 0 Å². The summed E-state index contributed by atoms with van der Waals surface area (Å²) in [4.78, 5) is 0. The molecule has 3 heteroatoms. The summed E-state index contributed by atoms with van der Waals surface area (Å²) in [5.74, 6) is 0. The van der Waals surface area contributed by atoms with E-state index in [9.17, 15) is 4.21 Å². The maximum atomic E-state index is 11.1. The number of hydrogen-bond acceptors (Lipinski definition) is 2. The van der Waals surface area contributed by atoms with Crippen molar-refractivity contribution >= 4 is 9.73 Å². The minimum Gasteiger partial charge on any atom is -0.250 e. The normalized spacial score (nSPS) is 13.3. The Labute approximate surface area is 64.2 Å². The van der Waals surface area contributed by atoms with Crippen LogP contribution in [0.2, 0.25) is 0 Å². The van der Waals surface area contributed by atoms with E-state index in [4.69, 9.17) is 0 Å². The Morgan fingerprint density at radius 3 is 1.80 bits per heavy atom. The van der Waals surface area contributed by atoms with Crippen LogP contribution < -0.4 is 0 Å². The van der Waals surface area contributed by atoms with Crippen LogP contribution in [-0.2, 0) is 9.73 Å². The minimum atomic E-state index is -1.88. The number of nitrogens with zero attached hydrogens (tertiary/aromatic N) is 1. The summed E-state index contributed by atoms with van der Waals surface area (Å²) in [5, 5.41) is 0. The average Bonchev–Trinajstić information content (AvgIpc) is 1.57. The molecule has 0 fully saturated rings. The molecule has 0 aromatic rings. The fourth-order valence-corrected chi connectivity index (χ4v) is 1.05. The summed E-state index contributed by atoms with van der Waals surface area (Å²) < 4.78 is 15.1. The van der Waals surface area contributed by atoms with Crippen LogP contribution >= 0.6 is 0 Å². The SMILES string of the molecule is CC(C)(C)CN=S(C)(C)=O. The second-order valence-corrected chi connectivity index (χ2v) is 6.65. The monoisotopic (exact) mass is 163 g/mol. The molecule has 10 heavy (non-hydrogen) atoms. The molecule has 0 aromatic carbocycles. The summed E-state index contributed by atoms with van der Waals surface area (Å²) in [6.45, 7) is 6.93. The van der Waals surface area contributed by atoms with Gasteiger partial charge in [-0.05, 0) is 5.41 Å². The van der Waals surface area contributed by atoms with Crippen LogP contribution in [-0.4, -0.2) is 23.3 Å². The van der Waals surface area contributed by atoms with Gasteiger partial charge in [0.05, 0.1) is 6.54 Å². The van der Waals surface area contributed by atoms with Gasteiger partial charge in [-0.15, -0.1) is 0 Å². The topological polar surface area (TPSA) is 29.4 Å². The van der Waals surface area contributed by atoms with Gasteiger partial charge in [0.25, 0.3) is 0 Å². The molecular formula is C7H17NOS. The molecule has 0 N–H and O–H groups in total. The molecule has 0 aliphatic heterocycles. The first-order chi connectivity index (χ1) is 4.21. The predicted octanol–water partition coefficient (Wildman–Crippen LogP) is 1.76. The first-order valence-electron chi connectivity index (χ1n) is 3.34. The van der Waals surface area contributed by atoms with E-state index in [0.717, 1.165) is 0 Å². The molecule has 0 atom stereocenters. The highest BCUT2D eigenvalue weighted by Crippen LogP contribution is 2.13. The third-order valence-electron chi connectivity index (χ3n) is 0.850.